The Bertz CT molecular complexity index is 639. The summed E-state index contributed by atoms with van der Waals surface area (Å²) in [5.74, 6) is -1.53. The van der Waals surface area contributed by atoms with E-state index >= 15 is 0 Å². The number of halogens is 1. The zero-order valence-electron chi connectivity index (χ0n) is 9.89. The van der Waals surface area contributed by atoms with Crippen molar-refractivity contribution < 1.29 is 24.9 Å². The fourth-order valence-corrected chi connectivity index (χ4v) is 2.38. The van der Waals surface area contributed by atoms with Gasteiger partial charge in [-0.05, 0) is 22.6 Å². The van der Waals surface area contributed by atoms with Crippen LogP contribution in [0.2, 0.25) is 0 Å². The van der Waals surface area contributed by atoms with Gasteiger partial charge in [0.05, 0.1) is 9.67 Å². The Kier molecular flexibility index (Phi) is 4.27. The highest BCUT2D eigenvalue weighted by molar-refractivity contribution is 14.1. The van der Waals surface area contributed by atoms with Crippen LogP contribution in [0.3, 0.4) is 0 Å². The number of carbonyl (C=O) groups is 1. The Morgan fingerprint density at radius 1 is 1.55 bits per heavy atom. The Morgan fingerprint density at radius 3 is 2.80 bits per heavy atom. The van der Waals surface area contributed by atoms with Crippen molar-refractivity contribution in [2.45, 2.75) is 31.0 Å². The van der Waals surface area contributed by atoms with Crippen molar-refractivity contribution in [2.75, 3.05) is 0 Å². The van der Waals surface area contributed by atoms with Crippen molar-refractivity contribution in [2.24, 2.45) is 0 Å². The van der Waals surface area contributed by atoms with Crippen molar-refractivity contribution in [1.29, 1.82) is 0 Å². The van der Waals surface area contributed by atoms with Crippen LogP contribution >= 0.6 is 22.6 Å². The minimum Gasteiger partial charge on any atom is -0.479 e. The number of nitrogens with one attached hydrogen (secondary N) is 1. The number of aliphatic carboxylic acids is 1. The van der Waals surface area contributed by atoms with E-state index in [1.54, 1.807) is 22.6 Å². The molecule has 1 fully saturated rings. The summed E-state index contributed by atoms with van der Waals surface area (Å²) in [6.07, 6.45) is -4.25. The molecule has 0 amide bonds. The SMILES string of the molecule is O=C(O)C(O)[C@@H]1O[C@@H](n2cc(I)c(=O)[nH]c2=O)C[C@@H]1O. The van der Waals surface area contributed by atoms with Crippen LogP contribution in [0.1, 0.15) is 12.6 Å². The van der Waals surface area contributed by atoms with Crippen molar-refractivity contribution in [1.82, 2.24) is 9.55 Å². The van der Waals surface area contributed by atoms with Crippen LogP contribution in [-0.2, 0) is 9.53 Å². The summed E-state index contributed by atoms with van der Waals surface area (Å²) in [6.45, 7) is 0. The predicted molar refractivity (Wildman–Crippen MR) is 72.2 cm³/mol. The van der Waals surface area contributed by atoms with Crippen LogP contribution in [0.5, 0.6) is 0 Å². The van der Waals surface area contributed by atoms with Gasteiger partial charge in [-0.25, -0.2) is 9.59 Å². The number of hydrogen-bond acceptors (Lipinski definition) is 6. The number of carboxylic acid groups (broad SMARTS) is 1. The molecule has 9 nitrogen and oxygen atoms in total. The molecule has 0 spiro atoms. The highest BCUT2D eigenvalue weighted by atomic mass is 127. The second-order valence-electron chi connectivity index (χ2n) is 4.29. The zero-order valence-corrected chi connectivity index (χ0v) is 12.1. The van der Waals surface area contributed by atoms with E-state index < -0.39 is 41.8 Å². The third kappa shape index (κ3) is 2.77. The third-order valence-electron chi connectivity index (χ3n) is 2.94. The van der Waals surface area contributed by atoms with Gasteiger partial charge < -0.3 is 20.1 Å². The Labute approximate surface area is 125 Å². The number of aromatic nitrogens is 2. The van der Waals surface area contributed by atoms with Gasteiger partial charge in [0.15, 0.2) is 6.10 Å². The first-order valence-electron chi connectivity index (χ1n) is 5.56. The molecular formula is C10H11IN2O7. The van der Waals surface area contributed by atoms with Gasteiger partial charge in [0, 0.05) is 12.6 Å². The molecule has 1 aromatic rings. The normalized spacial score (nSPS) is 27.4. The number of hydrogen-bond donors (Lipinski definition) is 4. The van der Waals surface area contributed by atoms with Crippen molar-refractivity contribution >= 4 is 28.6 Å². The lowest BCUT2D eigenvalue weighted by Crippen LogP contribution is -2.40. The quantitative estimate of drug-likeness (QED) is 0.442. The maximum Gasteiger partial charge on any atom is 0.335 e. The van der Waals surface area contributed by atoms with Crippen LogP contribution in [0.4, 0.5) is 0 Å². The number of aromatic amines is 1. The van der Waals surface area contributed by atoms with E-state index in [4.69, 9.17) is 9.84 Å². The molecule has 0 saturated carbocycles. The molecule has 1 unspecified atom stereocenters. The molecule has 1 aliphatic heterocycles. The van der Waals surface area contributed by atoms with Crippen LogP contribution in [0, 0.1) is 3.57 Å². The molecule has 1 saturated heterocycles. The van der Waals surface area contributed by atoms with E-state index in [1.165, 1.54) is 6.20 Å². The van der Waals surface area contributed by atoms with Gasteiger partial charge >= 0.3 is 11.7 Å². The fourth-order valence-electron chi connectivity index (χ4n) is 1.95. The Hall–Kier alpha value is -1.24. The summed E-state index contributed by atoms with van der Waals surface area (Å²) in [4.78, 5) is 35.7. The molecule has 0 aliphatic carbocycles. The molecule has 4 N–H and O–H groups in total. The number of rotatable bonds is 3. The standard InChI is InChI=1S/C10H11IN2O7/c11-3-2-13(10(19)12-8(3)16)5-1-4(14)7(20-5)6(15)9(17)18/h2,4-7,14-15H,1H2,(H,17,18)(H,12,16,19)/t4-,5+,6?,7+/m0/s1. The van der Waals surface area contributed by atoms with E-state index in [2.05, 4.69) is 4.98 Å². The van der Waals surface area contributed by atoms with Gasteiger partial charge in [-0.1, -0.05) is 0 Å². The van der Waals surface area contributed by atoms with Gasteiger partial charge in [-0.3, -0.25) is 14.3 Å². The van der Waals surface area contributed by atoms with Crippen LogP contribution in [0.25, 0.3) is 0 Å². The second kappa shape index (κ2) is 5.63. The predicted octanol–water partition coefficient (Wildman–Crippen LogP) is -1.76. The summed E-state index contributed by atoms with van der Waals surface area (Å²) in [6, 6.07) is 0. The summed E-state index contributed by atoms with van der Waals surface area (Å²) in [5, 5.41) is 27.8. The summed E-state index contributed by atoms with van der Waals surface area (Å²) < 4.78 is 6.50. The molecule has 0 aromatic carbocycles. The van der Waals surface area contributed by atoms with E-state index in [9.17, 15) is 24.6 Å². The molecule has 2 heterocycles. The lowest BCUT2D eigenvalue weighted by molar-refractivity contribution is -0.160. The second-order valence-corrected chi connectivity index (χ2v) is 5.45. The first-order chi connectivity index (χ1) is 9.31. The first-order valence-corrected chi connectivity index (χ1v) is 6.64. The van der Waals surface area contributed by atoms with E-state index in [1.807, 2.05) is 0 Å². The highest BCUT2D eigenvalue weighted by Crippen LogP contribution is 2.29. The van der Waals surface area contributed by atoms with Gasteiger partial charge in [-0.15, -0.1) is 0 Å². The number of aliphatic hydroxyl groups excluding tert-OH is 2. The van der Waals surface area contributed by atoms with Crippen molar-refractivity contribution in [3.05, 3.63) is 30.6 Å². The Morgan fingerprint density at radius 2 is 2.20 bits per heavy atom. The molecule has 0 radical (unpaired) electrons. The average Bonchev–Trinajstić information content (AvgIpc) is 2.74. The fraction of sp³-hybridized carbons (Fsp3) is 0.500. The van der Waals surface area contributed by atoms with E-state index in [0.717, 1.165) is 4.57 Å². The zero-order chi connectivity index (χ0) is 15.0. The molecule has 1 aromatic heterocycles. The summed E-state index contributed by atoms with van der Waals surface area (Å²) >= 11 is 1.72. The summed E-state index contributed by atoms with van der Waals surface area (Å²) in [5.41, 5.74) is -1.29. The molecule has 2 rings (SSSR count). The Balaban J connectivity index is 2.29. The third-order valence-corrected chi connectivity index (χ3v) is 3.70. The number of nitrogens with zero attached hydrogens (tertiary/aromatic N) is 1. The monoisotopic (exact) mass is 398 g/mol. The van der Waals surface area contributed by atoms with Crippen LogP contribution in [-0.4, -0.2) is 49.2 Å². The van der Waals surface area contributed by atoms with Crippen LogP contribution < -0.4 is 11.2 Å². The van der Waals surface area contributed by atoms with Crippen molar-refractivity contribution in [3.63, 3.8) is 0 Å². The van der Waals surface area contributed by atoms with Gasteiger partial charge in [0.2, 0.25) is 0 Å². The minimum atomic E-state index is -1.90. The first kappa shape index (κ1) is 15.2. The number of H-pyrrole nitrogens is 1. The maximum absolute atomic E-state index is 11.7. The highest BCUT2D eigenvalue weighted by Gasteiger charge is 2.42. The maximum atomic E-state index is 11.7. The van der Waals surface area contributed by atoms with Crippen molar-refractivity contribution in [3.8, 4) is 0 Å². The molecule has 10 heteroatoms. The van der Waals surface area contributed by atoms with E-state index in [0.29, 0.717) is 0 Å². The van der Waals surface area contributed by atoms with Gasteiger partial charge in [-0.2, -0.15) is 0 Å². The minimum absolute atomic E-state index is 0.0724. The molecule has 20 heavy (non-hydrogen) atoms. The van der Waals surface area contributed by atoms with Crippen LogP contribution in [0.15, 0.2) is 15.8 Å². The average molecular weight is 398 g/mol. The number of carboxylic acids is 1. The molecule has 1 aliphatic rings. The summed E-state index contributed by atoms with van der Waals surface area (Å²) in [7, 11) is 0. The van der Waals surface area contributed by atoms with Gasteiger partial charge in [0.1, 0.15) is 12.3 Å². The lowest BCUT2D eigenvalue weighted by atomic mass is 10.1. The van der Waals surface area contributed by atoms with E-state index in [-0.39, 0.29) is 9.99 Å². The molecule has 110 valence electrons. The molecule has 0 bridgehead atoms. The molecule has 4 atom stereocenters. The lowest BCUT2D eigenvalue weighted by Gasteiger charge is -2.18. The smallest absolute Gasteiger partial charge is 0.335 e. The topological polar surface area (TPSA) is 142 Å². The molecular weight excluding hydrogens is 387 g/mol. The number of aliphatic hydroxyl groups is 2. The van der Waals surface area contributed by atoms with Gasteiger partial charge in [0.25, 0.3) is 5.56 Å². The number of ether oxygens (including phenoxy) is 1. The largest absolute Gasteiger partial charge is 0.479 e.